The van der Waals surface area contributed by atoms with Crippen molar-refractivity contribution in [1.29, 1.82) is 0 Å². The fraction of sp³-hybridized carbons (Fsp3) is 0.316. The van der Waals surface area contributed by atoms with Crippen molar-refractivity contribution < 1.29 is 4.74 Å². The number of nitrogens with two attached hydrogens (primary N) is 1. The standard InChI is InChI=1S/C19H23ClN2OS/c1-3-14(2)15-8-10-16(11-9-15)22-19(21)24-13-12-23-18-7-5-4-6-17(18)20/h4-11,14H,3,12-13H2,1-2H3,(H2,21,22)/t14-/m1/s1. The zero-order valence-corrected chi connectivity index (χ0v) is 15.6. The van der Waals surface area contributed by atoms with E-state index in [4.69, 9.17) is 22.1 Å². The third-order valence-corrected chi connectivity index (χ3v) is 4.81. The summed E-state index contributed by atoms with van der Waals surface area (Å²) in [7, 11) is 0. The highest BCUT2D eigenvalue weighted by Gasteiger charge is 2.03. The quantitative estimate of drug-likeness (QED) is 0.395. The number of amidine groups is 1. The fourth-order valence-electron chi connectivity index (χ4n) is 2.13. The van der Waals surface area contributed by atoms with Gasteiger partial charge in [0.25, 0.3) is 0 Å². The van der Waals surface area contributed by atoms with Crippen LogP contribution in [0.5, 0.6) is 5.75 Å². The van der Waals surface area contributed by atoms with E-state index >= 15 is 0 Å². The summed E-state index contributed by atoms with van der Waals surface area (Å²) in [5.41, 5.74) is 8.17. The normalized spacial score (nSPS) is 12.9. The van der Waals surface area contributed by atoms with Crippen molar-refractivity contribution in [3.8, 4) is 5.75 Å². The Bertz CT molecular complexity index is 673. The van der Waals surface area contributed by atoms with Crippen LogP contribution in [0.4, 0.5) is 5.69 Å². The maximum absolute atomic E-state index is 6.04. The van der Waals surface area contributed by atoms with Crippen LogP contribution < -0.4 is 10.5 Å². The molecule has 3 nitrogen and oxygen atoms in total. The second-order valence-corrected chi connectivity index (χ2v) is 7.00. The van der Waals surface area contributed by atoms with Gasteiger partial charge in [0.05, 0.1) is 17.3 Å². The molecule has 24 heavy (non-hydrogen) atoms. The molecule has 0 aliphatic heterocycles. The molecule has 0 aliphatic rings. The Labute approximate surface area is 153 Å². The van der Waals surface area contributed by atoms with Crippen LogP contribution in [0.25, 0.3) is 0 Å². The van der Waals surface area contributed by atoms with Gasteiger partial charge in [0.1, 0.15) is 5.75 Å². The maximum atomic E-state index is 6.04. The molecule has 0 unspecified atom stereocenters. The maximum Gasteiger partial charge on any atom is 0.159 e. The first-order chi connectivity index (χ1) is 11.6. The molecule has 5 heteroatoms. The second-order valence-electron chi connectivity index (χ2n) is 5.48. The zero-order chi connectivity index (χ0) is 17.4. The molecule has 0 saturated carbocycles. The number of halogens is 1. The van der Waals surface area contributed by atoms with Crippen LogP contribution in [0.1, 0.15) is 31.7 Å². The summed E-state index contributed by atoms with van der Waals surface area (Å²) in [5.74, 6) is 1.97. The molecule has 0 aliphatic carbocycles. The molecule has 0 amide bonds. The third kappa shape index (κ3) is 5.77. The van der Waals surface area contributed by atoms with Gasteiger partial charge in [-0.25, -0.2) is 4.99 Å². The Morgan fingerprint density at radius 2 is 1.92 bits per heavy atom. The van der Waals surface area contributed by atoms with E-state index in [1.165, 1.54) is 17.3 Å². The minimum Gasteiger partial charge on any atom is -0.491 e. The Morgan fingerprint density at radius 1 is 1.21 bits per heavy atom. The Balaban J connectivity index is 1.80. The van der Waals surface area contributed by atoms with Gasteiger partial charge in [-0.05, 0) is 42.2 Å². The lowest BCUT2D eigenvalue weighted by molar-refractivity contribution is 0.344. The number of para-hydroxylation sites is 1. The summed E-state index contributed by atoms with van der Waals surface area (Å²) >= 11 is 7.51. The molecular formula is C19H23ClN2OS. The van der Waals surface area contributed by atoms with E-state index in [-0.39, 0.29) is 0 Å². The van der Waals surface area contributed by atoms with E-state index in [2.05, 4.69) is 31.0 Å². The lowest BCUT2D eigenvalue weighted by Crippen LogP contribution is -2.10. The molecule has 2 aromatic rings. The number of aliphatic imine (C=N–C) groups is 1. The number of rotatable bonds is 7. The lowest BCUT2D eigenvalue weighted by Gasteiger charge is -2.09. The number of nitrogens with zero attached hydrogens (tertiary/aromatic N) is 1. The second kappa shape index (κ2) is 9.60. The van der Waals surface area contributed by atoms with Crippen LogP contribution in [0, 0.1) is 0 Å². The third-order valence-electron chi connectivity index (χ3n) is 3.74. The van der Waals surface area contributed by atoms with Crippen LogP contribution in [0.2, 0.25) is 5.02 Å². The summed E-state index contributed by atoms with van der Waals surface area (Å²) in [5, 5.41) is 1.15. The smallest absolute Gasteiger partial charge is 0.159 e. The van der Waals surface area contributed by atoms with Crippen LogP contribution in [0.15, 0.2) is 53.5 Å². The van der Waals surface area contributed by atoms with E-state index < -0.39 is 0 Å². The Hall–Kier alpha value is -1.65. The van der Waals surface area contributed by atoms with Crippen LogP contribution >= 0.6 is 23.4 Å². The van der Waals surface area contributed by atoms with Gasteiger partial charge in [0.2, 0.25) is 0 Å². The molecular weight excluding hydrogens is 340 g/mol. The summed E-state index contributed by atoms with van der Waals surface area (Å²) in [6.07, 6.45) is 1.13. The molecule has 2 aromatic carbocycles. The minimum atomic E-state index is 0.525. The first-order valence-corrected chi connectivity index (χ1v) is 9.40. The van der Waals surface area contributed by atoms with Gasteiger partial charge in [0, 0.05) is 5.75 Å². The van der Waals surface area contributed by atoms with Crippen molar-refractivity contribution in [2.24, 2.45) is 10.7 Å². The zero-order valence-electron chi connectivity index (χ0n) is 14.0. The minimum absolute atomic E-state index is 0.525. The van der Waals surface area contributed by atoms with E-state index in [9.17, 15) is 0 Å². The molecule has 0 fully saturated rings. The molecule has 128 valence electrons. The number of benzene rings is 2. The van der Waals surface area contributed by atoms with E-state index in [0.717, 1.165) is 12.1 Å². The van der Waals surface area contributed by atoms with Crippen LogP contribution in [0.3, 0.4) is 0 Å². The van der Waals surface area contributed by atoms with Crippen LogP contribution in [-0.2, 0) is 0 Å². The molecule has 0 bridgehead atoms. The summed E-state index contributed by atoms with van der Waals surface area (Å²) in [6.45, 7) is 4.94. The molecule has 0 saturated heterocycles. The number of hydrogen-bond donors (Lipinski definition) is 1. The largest absolute Gasteiger partial charge is 0.491 e. The lowest BCUT2D eigenvalue weighted by atomic mass is 9.99. The van der Waals surface area contributed by atoms with Gasteiger partial charge in [-0.2, -0.15) is 0 Å². The van der Waals surface area contributed by atoms with E-state index in [0.29, 0.717) is 34.2 Å². The van der Waals surface area contributed by atoms with Crippen LogP contribution in [-0.4, -0.2) is 17.5 Å². The first-order valence-electron chi connectivity index (χ1n) is 8.04. The predicted molar refractivity (Wildman–Crippen MR) is 106 cm³/mol. The first kappa shape index (κ1) is 18.7. The highest BCUT2D eigenvalue weighted by atomic mass is 35.5. The molecule has 0 aromatic heterocycles. The van der Waals surface area contributed by atoms with Gasteiger partial charge >= 0.3 is 0 Å². The number of thioether (sulfide) groups is 1. The SMILES string of the molecule is CC[C@@H](C)c1ccc(N=C(N)SCCOc2ccccc2Cl)cc1. The number of ether oxygens (including phenoxy) is 1. The van der Waals surface area contributed by atoms with E-state index in [1.807, 2.05) is 36.4 Å². The highest BCUT2D eigenvalue weighted by Crippen LogP contribution is 2.24. The topological polar surface area (TPSA) is 47.6 Å². The van der Waals surface area contributed by atoms with Gasteiger partial charge in [-0.15, -0.1) is 0 Å². The molecule has 1 atom stereocenters. The van der Waals surface area contributed by atoms with Crippen molar-refractivity contribution in [2.45, 2.75) is 26.2 Å². The van der Waals surface area contributed by atoms with Gasteiger partial charge in [-0.3, -0.25) is 0 Å². The van der Waals surface area contributed by atoms with Crippen molar-refractivity contribution in [1.82, 2.24) is 0 Å². The van der Waals surface area contributed by atoms with Crippen molar-refractivity contribution in [3.05, 3.63) is 59.1 Å². The molecule has 0 heterocycles. The monoisotopic (exact) mass is 362 g/mol. The Kier molecular flexibility index (Phi) is 7.47. The van der Waals surface area contributed by atoms with Crippen molar-refractivity contribution >= 4 is 34.2 Å². The van der Waals surface area contributed by atoms with Gasteiger partial charge < -0.3 is 10.5 Å². The average Bonchev–Trinajstić information content (AvgIpc) is 2.60. The van der Waals surface area contributed by atoms with Gasteiger partial charge in [0.15, 0.2) is 5.17 Å². The summed E-state index contributed by atoms with van der Waals surface area (Å²) in [4.78, 5) is 4.42. The fourth-order valence-corrected chi connectivity index (χ4v) is 2.87. The van der Waals surface area contributed by atoms with Gasteiger partial charge in [-0.1, -0.05) is 61.5 Å². The summed E-state index contributed by atoms with van der Waals surface area (Å²) < 4.78 is 5.63. The summed E-state index contributed by atoms with van der Waals surface area (Å²) in [6, 6.07) is 15.7. The van der Waals surface area contributed by atoms with E-state index in [1.54, 1.807) is 0 Å². The molecule has 2 N–H and O–H groups in total. The number of hydrogen-bond acceptors (Lipinski definition) is 3. The Morgan fingerprint density at radius 3 is 2.58 bits per heavy atom. The highest BCUT2D eigenvalue weighted by molar-refractivity contribution is 8.13. The van der Waals surface area contributed by atoms with Crippen molar-refractivity contribution in [3.63, 3.8) is 0 Å². The molecule has 2 rings (SSSR count). The predicted octanol–water partition coefficient (Wildman–Crippen LogP) is 5.61. The molecule has 0 radical (unpaired) electrons. The molecule has 0 spiro atoms. The van der Waals surface area contributed by atoms with Crippen molar-refractivity contribution in [2.75, 3.05) is 12.4 Å². The average molecular weight is 363 g/mol.